The molecule has 2 heterocycles. The first-order chi connectivity index (χ1) is 12.3. The summed E-state index contributed by atoms with van der Waals surface area (Å²) in [6.07, 6.45) is 1.31. The van der Waals surface area contributed by atoms with Crippen LogP contribution in [0.15, 0.2) is 42.6 Å². The summed E-state index contributed by atoms with van der Waals surface area (Å²) in [7, 11) is 1.75. The number of hydrogen-bond donors (Lipinski definition) is 0. The van der Waals surface area contributed by atoms with Crippen LogP contribution in [0.4, 0.5) is 8.78 Å². The largest absolute Gasteiger partial charge is 0.337 e. The Morgan fingerprint density at radius 3 is 2.65 bits per heavy atom. The van der Waals surface area contributed by atoms with Gasteiger partial charge in [-0.3, -0.25) is 4.79 Å². The molecular weight excluding hydrogens is 356 g/mol. The molecule has 0 N–H and O–H groups in total. The molecular formula is C19H19F2N3OS. The van der Waals surface area contributed by atoms with E-state index < -0.39 is 6.55 Å². The molecule has 0 aliphatic rings. The number of nitrogens with zero attached hydrogens (tertiary/aromatic N) is 3. The molecule has 0 spiro atoms. The van der Waals surface area contributed by atoms with Crippen LogP contribution in [0.25, 0.3) is 11.1 Å². The molecule has 1 aromatic carbocycles. The van der Waals surface area contributed by atoms with Crippen LogP contribution in [-0.4, -0.2) is 27.6 Å². The van der Waals surface area contributed by atoms with E-state index in [1.165, 1.54) is 11.1 Å². The summed E-state index contributed by atoms with van der Waals surface area (Å²) >= 11 is 1.66. The maximum atomic E-state index is 12.8. The van der Waals surface area contributed by atoms with Gasteiger partial charge in [-0.05, 0) is 43.7 Å². The van der Waals surface area contributed by atoms with Gasteiger partial charge in [-0.2, -0.15) is 13.9 Å². The van der Waals surface area contributed by atoms with Gasteiger partial charge in [0.2, 0.25) is 0 Å². The lowest BCUT2D eigenvalue weighted by Crippen LogP contribution is -2.25. The first-order valence-electron chi connectivity index (χ1n) is 8.10. The van der Waals surface area contributed by atoms with Crippen LogP contribution in [-0.2, 0) is 6.54 Å². The highest BCUT2D eigenvalue weighted by atomic mass is 32.1. The highest BCUT2D eigenvalue weighted by Crippen LogP contribution is 2.26. The number of benzene rings is 1. The van der Waals surface area contributed by atoms with Crippen LogP contribution >= 0.6 is 11.3 Å². The minimum Gasteiger partial charge on any atom is -0.337 e. The summed E-state index contributed by atoms with van der Waals surface area (Å²) in [5.74, 6) is -0.114. The number of amides is 1. The zero-order valence-electron chi connectivity index (χ0n) is 14.7. The molecule has 0 aliphatic carbocycles. The molecule has 4 nitrogen and oxygen atoms in total. The van der Waals surface area contributed by atoms with E-state index in [-0.39, 0.29) is 5.91 Å². The Labute approximate surface area is 154 Å². The van der Waals surface area contributed by atoms with E-state index in [9.17, 15) is 13.6 Å². The van der Waals surface area contributed by atoms with Crippen molar-refractivity contribution < 1.29 is 13.6 Å². The van der Waals surface area contributed by atoms with Gasteiger partial charge in [0.15, 0.2) is 0 Å². The number of rotatable bonds is 5. The van der Waals surface area contributed by atoms with E-state index in [1.54, 1.807) is 54.5 Å². The Bertz CT molecular complexity index is 933. The van der Waals surface area contributed by atoms with Gasteiger partial charge in [-0.25, -0.2) is 4.68 Å². The average molecular weight is 375 g/mol. The smallest absolute Gasteiger partial charge is 0.333 e. The van der Waals surface area contributed by atoms with Crippen LogP contribution in [0.1, 0.15) is 32.4 Å². The fourth-order valence-corrected chi connectivity index (χ4v) is 3.72. The Morgan fingerprint density at radius 2 is 2.04 bits per heavy atom. The molecule has 3 aromatic rings. The number of halogens is 2. The summed E-state index contributed by atoms with van der Waals surface area (Å²) in [6, 6.07) is 11.0. The molecule has 136 valence electrons. The molecule has 2 aromatic heterocycles. The second-order valence-corrected chi connectivity index (χ2v) is 7.51. The average Bonchev–Trinajstić information content (AvgIpc) is 3.20. The number of hydrogen-bond acceptors (Lipinski definition) is 3. The third-order valence-electron chi connectivity index (χ3n) is 4.07. The van der Waals surface area contributed by atoms with Crippen molar-refractivity contribution in [3.05, 3.63) is 63.6 Å². The highest BCUT2D eigenvalue weighted by Gasteiger charge is 2.16. The van der Waals surface area contributed by atoms with Crippen molar-refractivity contribution in [2.24, 2.45) is 0 Å². The summed E-state index contributed by atoms with van der Waals surface area (Å²) in [4.78, 5) is 16.7. The fraction of sp³-hybridized carbons (Fsp3) is 0.263. The number of carbonyl (C=O) groups excluding carboxylic acids is 1. The van der Waals surface area contributed by atoms with Gasteiger partial charge in [-0.1, -0.05) is 12.1 Å². The lowest BCUT2D eigenvalue weighted by Gasteiger charge is -2.16. The van der Waals surface area contributed by atoms with Gasteiger partial charge in [0.25, 0.3) is 5.91 Å². The molecule has 0 saturated carbocycles. The Hall–Kier alpha value is -2.54. The minimum absolute atomic E-state index is 0.114. The lowest BCUT2D eigenvalue weighted by atomic mass is 10.0. The molecule has 7 heteroatoms. The predicted molar refractivity (Wildman–Crippen MR) is 98.5 cm³/mol. The summed E-state index contributed by atoms with van der Waals surface area (Å²) in [6.45, 7) is 1.55. The molecule has 0 unspecified atom stereocenters. The van der Waals surface area contributed by atoms with E-state index in [4.69, 9.17) is 0 Å². The molecule has 1 amide bonds. The molecule has 26 heavy (non-hydrogen) atoms. The number of thiophene rings is 1. The standard InChI is InChI=1S/C19H19F2N3OS/c1-12-7-8-16(26-12)10-23(3)18(25)15-6-4-5-14(9-15)17-11-24(19(20)21)22-13(17)2/h4-9,11,19H,10H2,1-3H3. The van der Waals surface area contributed by atoms with Gasteiger partial charge in [0, 0.05) is 34.1 Å². The molecule has 0 aliphatic heterocycles. The third kappa shape index (κ3) is 3.83. The van der Waals surface area contributed by atoms with Crippen LogP contribution in [0, 0.1) is 13.8 Å². The first kappa shape index (κ1) is 18.3. The zero-order chi connectivity index (χ0) is 18.8. The van der Waals surface area contributed by atoms with Crippen LogP contribution in [0.3, 0.4) is 0 Å². The third-order valence-corrected chi connectivity index (χ3v) is 5.06. The molecule has 0 saturated heterocycles. The van der Waals surface area contributed by atoms with Crippen molar-refractivity contribution in [3.8, 4) is 11.1 Å². The van der Waals surface area contributed by atoms with E-state index in [0.29, 0.717) is 33.6 Å². The molecule has 0 bridgehead atoms. The predicted octanol–water partition coefficient (Wildman–Crippen LogP) is 4.90. The SMILES string of the molecule is Cc1ccc(CN(C)C(=O)c2cccc(-c3cn(C(F)F)nc3C)c2)s1. The summed E-state index contributed by atoms with van der Waals surface area (Å²) in [5.41, 5.74) is 2.30. The van der Waals surface area contributed by atoms with Crippen LogP contribution < -0.4 is 0 Å². The maximum Gasteiger partial charge on any atom is 0.333 e. The molecule has 0 radical (unpaired) electrons. The summed E-state index contributed by atoms with van der Waals surface area (Å²) < 4.78 is 26.3. The monoisotopic (exact) mass is 375 g/mol. The second-order valence-electron chi connectivity index (χ2n) is 6.14. The van der Waals surface area contributed by atoms with E-state index >= 15 is 0 Å². The Balaban J connectivity index is 1.83. The minimum atomic E-state index is -2.69. The van der Waals surface area contributed by atoms with Crippen molar-refractivity contribution in [3.63, 3.8) is 0 Å². The van der Waals surface area contributed by atoms with Crippen molar-refractivity contribution in [2.75, 3.05) is 7.05 Å². The van der Waals surface area contributed by atoms with Crippen LogP contribution in [0.5, 0.6) is 0 Å². The molecule has 0 fully saturated rings. The van der Waals surface area contributed by atoms with Gasteiger partial charge in [0.05, 0.1) is 12.2 Å². The van der Waals surface area contributed by atoms with E-state index in [0.717, 1.165) is 4.88 Å². The van der Waals surface area contributed by atoms with E-state index in [2.05, 4.69) is 5.10 Å². The van der Waals surface area contributed by atoms with Crippen molar-refractivity contribution in [1.29, 1.82) is 0 Å². The Kier molecular flexibility index (Phi) is 5.18. The lowest BCUT2D eigenvalue weighted by molar-refractivity contribution is 0.0563. The zero-order valence-corrected chi connectivity index (χ0v) is 15.6. The number of aryl methyl sites for hydroxylation is 2. The number of carbonyl (C=O) groups is 1. The highest BCUT2D eigenvalue weighted by molar-refractivity contribution is 7.11. The first-order valence-corrected chi connectivity index (χ1v) is 8.92. The van der Waals surface area contributed by atoms with Crippen molar-refractivity contribution in [1.82, 2.24) is 14.7 Å². The Morgan fingerprint density at radius 1 is 1.27 bits per heavy atom. The van der Waals surface area contributed by atoms with E-state index in [1.807, 2.05) is 19.1 Å². The quantitative estimate of drug-likeness (QED) is 0.636. The fourth-order valence-electron chi connectivity index (χ4n) is 2.78. The normalized spacial score (nSPS) is 11.2. The topological polar surface area (TPSA) is 38.1 Å². The molecule has 3 rings (SSSR count). The number of alkyl halides is 2. The maximum absolute atomic E-state index is 12.8. The van der Waals surface area contributed by atoms with Gasteiger partial charge in [-0.15, -0.1) is 11.3 Å². The number of aromatic nitrogens is 2. The second kappa shape index (κ2) is 7.37. The summed E-state index contributed by atoms with van der Waals surface area (Å²) in [5, 5.41) is 3.83. The molecule has 0 atom stereocenters. The van der Waals surface area contributed by atoms with Gasteiger partial charge in [0.1, 0.15) is 0 Å². The van der Waals surface area contributed by atoms with Crippen molar-refractivity contribution in [2.45, 2.75) is 26.9 Å². The van der Waals surface area contributed by atoms with Crippen molar-refractivity contribution >= 4 is 17.2 Å². The van der Waals surface area contributed by atoms with Gasteiger partial charge >= 0.3 is 6.55 Å². The van der Waals surface area contributed by atoms with Gasteiger partial charge < -0.3 is 4.90 Å². The van der Waals surface area contributed by atoms with Crippen LogP contribution in [0.2, 0.25) is 0 Å².